The number of para-hydroxylation sites is 1. The first-order valence-corrected chi connectivity index (χ1v) is 16.6. The van der Waals surface area contributed by atoms with Crippen LogP contribution in [0, 0.1) is 6.92 Å². The number of benzene rings is 4. The van der Waals surface area contributed by atoms with Gasteiger partial charge in [0.1, 0.15) is 17.3 Å². The van der Waals surface area contributed by atoms with E-state index < -0.39 is 0 Å². The maximum absolute atomic E-state index is 6.51. The highest BCUT2D eigenvalue weighted by Gasteiger charge is 2.20. The van der Waals surface area contributed by atoms with E-state index in [2.05, 4.69) is 120 Å². The monoisotopic (exact) mass is 618 g/mol. The standard InChI is InChI=1S/C42H42N4O/c1-26(2)30-20-37(27(3)4)42(38(21-30)28(5)6)31-24-44-45(25-31)32-11-10-12-33(22-32)47-34-15-16-36-35-13-8-9-14-39(35)46(40(36)23-34)41-19-29(7)17-18-43-41/h8-28H,1-7H3. The molecule has 47 heavy (non-hydrogen) atoms. The summed E-state index contributed by atoms with van der Waals surface area (Å²) in [4.78, 5) is 4.72. The topological polar surface area (TPSA) is 44.9 Å². The van der Waals surface area contributed by atoms with Crippen LogP contribution in [0.2, 0.25) is 0 Å². The van der Waals surface area contributed by atoms with E-state index in [1.165, 1.54) is 33.2 Å². The summed E-state index contributed by atoms with van der Waals surface area (Å²) in [5, 5.41) is 7.19. The normalized spacial score (nSPS) is 11.9. The van der Waals surface area contributed by atoms with Crippen molar-refractivity contribution in [2.45, 2.75) is 66.2 Å². The molecule has 0 aliphatic carbocycles. The van der Waals surface area contributed by atoms with Crippen molar-refractivity contribution in [1.82, 2.24) is 19.3 Å². The Kier molecular flexibility index (Phi) is 7.93. The first-order chi connectivity index (χ1) is 22.7. The zero-order valence-corrected chi connectivity index (χ0v) is 28.3. The fraction of sp³-hybridized carbons (Fsp3) is 0.238. The van der Waals surface area contributed by atoms with Crippen LogP contribution < -0.4 is 4.74 Å². The van der Waals surface area contributed by atoms with E-state index in [1.807, 2.05) is 47.4 Å². The molecule has 0 saturated heterocycles. The van der Waals surface area contributed by atoms with Crippen LogP contribution in [0.15, 0.2) is 110 Å². The summed E-state index contributed by atoms with van der Waals surface area (Å²) in [5.74, 6) is 3.69. The summed E-state index contributed by atoms with van der Waals surface area (Å²) in [5.41, 5.74) is 10.9. The minimum absolute atomic E-state index is 0.402. The molecule has 5 heteroatoms. The Morgan fingerprint density at radius 1 is 0.660 bits per heavy atom. The van der Waals surface area contributed by atoms with Crippen LogP contribution in [-0.4, -0.2) is 19.3 Å². The number of pyridine rings is 1. The largest absolute Gasteiger partial charge is 0.457 e. The number of ether oxygens (including phenoxy) is 1. The molecule has 3 heterocycles. The average molecular weight is 619 g/mol. The van der Waals surface area contributed by atoms with Gasteiger partial charge in [0.15, 0.2) is 0 Å². The maximum atomic E-state index is 6.51. The van der Waals surface area contributed by atoms with Crippen LogP contribution in [0.25, 0.3) is 44.4 Å². The van der Waals surface area contributed by atoms with Gasteiger partial charge < -0.3 is 4.74 Å². The van der Waals surface area contributed by atoms with E-state index in [9.17, 15) is 0 Å². The van der Waals surface area contributed by atoms with Gasteiger partial charge in [0.05, 0.1) is 22.9 Å². The minimum atomic E-state index is 0.402. The Bertz CT molecular complexity index is 2200. The molecule has 7 rings (SSSR count). The van der Waals surface area contributed by atoms with Crippen molar-refractivity contribution in [2.75, 3.05) is 0 Å². The van der Waals surface area contributed by atoms with Crippen molar-refractivity contribution in [3.05, 3.63) is 132 Å². The Morgan fingerprint density at radius 3 is 2.11 bits per heavy atom. The summed E-state index contributed by atoms with van der Waals surface area (Å²) in [6.45, 7) is 15.8. The average Bonchev–Trinajstić information content (AvgIpc) is 3.67. The SMILES string of the molecule is Cc1ccnc(-n2c3ccccc3c3ccc(Oc4cccc(-n5cc(-c6c(C(C)C)cc(C(C)C)cc6C(C)C)cn5)c4)cc32)c1. The molecule has 0 fully saturated rings. The van der Waals surface area contributed by atoms with E-state index in [1.54, 1.807) is 0 Å². The molecule has 0 unspecified atom stereocenters. The van der Waals surface area contributed by atoms with Crippen molar-refractivity contribution in [2.24, 2.45) is 0 Å². The highest BCUT2D eigenvalue weighted by atomic mass is 16.5. The summed E-state index contributed by atoms with van der Waals surface area (Å²) < 4.78 is 10.7. The smallest absolute Gasteiger partial charge is 0.137 e. The molecule has 4 aromatic carbocycles. The second-order valence-corrected chi connectivity index (χ2v) is 13.5. The van der Waals surface area contributed by atoms with Gasteiger partial charge in [-0.05, 0) is 95.0 Å². The molecular formula is C42H42N4O. The highest BCUT2D eigenvalue weighted by molar-refractivity contribution is 6.09. The first-order valence-electron chi connectivity index (χ1n) is 16.6. The van der Waals surface area contributed by atoms with Gasteiger partial charge in [-0.15, -0.1) is 0 Å². The molecule has 0 N–H and O–H groups in total. The number of nitrogens with zero attached hydrogens (tertiary/aromatic N) is 4. The number of hydrogen-bond acceptors (Lipinski definition) is 3. The number of hydrogen-bond donors (Lipinski definition) is 0. The van der Waals surface area contributed by atoms with Gasteiger partial charge in [0, 0.05) is 40.9 Å². The van der Waals surface area contributed by atoms with Crippen molar-refractivity contribution in [3.8, 4) is 34.1 Å². The van der Waals surface area contributed by atoms with E-state index in [0.717, 1.165) is 45.0 Å². The number of aromatic nitrogens is 4. The van der Waals surface area contributed by atoms with Crippen LogP contribution in [-0.2, 0) is 0 Å². The molecular weight excluding hydrogens is 576 g/mol. The Labute approximate surface area is 277 Å². The molecule has 5 nitrogen and oxygen atoms in total. The summed E-state index contributed by atoms with van der Waals surface area (Å²) in [7, 11) is 0. The van der Waals surface area contributed by atoms with Crippen LogP contribution in [0.5, 0.6) is 11.5 Å². The molecule has 0 aliphatic heterocycles. The molecule has 0 saturated carbocycles. The fourth-order valence-electron chi connectivity index (χ4n) is 6.61. The predicted octanol–water partition coefficient (Wildman–Crippen LogP) is 11.5. The molecule has 0 amide bonds. The van der Waals surface area contributed by atoms with Crippen LogP contribution >= 0.6 is 0 Å². The van der Waals surface area contributed by atoms with Crippen LogP contribution in [0.4, 0.5) is 0 Å². The third-order valence-electron chi connectivity index (χ3n) is 9.10. The molecule has 0 radical (unpaired) electrons. The minimum Gasteiger partial charge on any atom is -0.457 e. The Morgan fingerprint density at radius 2 is 1.38 bits per heavy atom. The van der Waals surface area contributed by atoms with Crippen molar-refractivity contribution in [3.63, 3.8) is 0 Å². The van der Waals surface area contributed by atoms with Crippen LogP contribution in [0.3, 0.4) is 0 Å². The van der Waals surface area contributed by atoms with Crippen molar-refractivity contribution < 1.29 is 4.74 Å². The lowest BCUT2D eigenvalue weighted by Crippen LogP contribution is -2.03. The first kappa shape index (κ1) is 30.5. The number of rotatable bonds is 8. The van der Waals surface area contributed by atoms with Gasteiger partial charge in [-0.3, -0.25) is 4.57 Å². The molecule has 0 spiro atoms. The van der Waals surface area contributed by atoms with Gasteiger partial charge >= 0.3 is 0 Å². The van der Waals surface area contributed by atoms with Gasteiger partial charge in [-0.25, -0.2) is 9.67 Å². The summed E-state index contributed by atoms with van der Waals surface area (Å²) in [6, 6.07) is 31.8. The second kappa shape index (κ2) is 12.2. The fourth-order valence-corrected chi connectivity index (χ4v) is 6.61. The van der Waals surface area contributed by atoms with Crippen molar-refractivity contribution >= 4 is 21.8 Å². The zero-order chi connectivity index (χ0) is 32.8. The summed E-state index contributed by atoms with van der Waals surface area (Å²) >= 11 is 0. The molecule has 236 valence electrons. The van der Waals surface area contributed by atoms with Gasteiger partial charge in [-0.1, -0.05) is 77.9 Å². The van der Waals surface area contributed by atoms with E-state index >= 15 is 0 Å². The Hall–Kier alpha value is -5.16. The molecule has 7 aromatic rings. The second-order valence-electron chi connectivity index (χ2n) is 13.5. The van der Waals surface area contributed by atoms with E-state index in [0.29, 0.717) is 17.8 Å². The lowest BCUT2D eigenvalue weighted by atomic mass is 9.82. The predicted molar refractivity (Wildman–Crippen MR) is 195 cm³/mol. The molecule has 0 atom stereocenters. The lowest BCUT2D eigenvalue weighted by molar-refractivity contribution is 0.483. The van der Waals surface area contributed by atoms with Gasteiger partial charge in [0.2, 0.25) is 0 Å². The van der Waals surface area contributed by atoms with E-state index in [-0.39, 0.29) is 0 Å². The third-order valence-corrected chi connectivity index (χ3v) is 9.10. The number of fused-ring (bicyclic) bond motifs is 3. The Balaban J connectivity index is 1.25. The quantitative estimate of drug-likeness (QED) is 0.170. The van der Waals surface area contributed by atoms with E-state index in [4.69, 9.17) is 14.8 Å². The highest BCUT2D eigenvalue weighted by Crippen LogP contribution is 2.39. The van der Waals surface area contributed by atoms with Crippen molar-refractivity contribution in [1.29, 1.82) is 0 Å². The van der Waals surface area contributed by atoms with Crippen LogP contribution in [0.1, 0.15) is 81.5 Å². The third kappa shape index (κ3) is 5.71. The maximum Gasteiger partial charge on any atom is 0.137 e. The molecule has 3 aromatic heterocycles. The molecule has 0 aliphatic rings. The number of aryl methyl sites for hydroxylation is 1. The zero-order valence-electron chi connectivity index (χ0n) is 28.3. The lowest BCUT2D eigenvalue weighted by Gasteiger charge is -2.22. The summed E-state index contributed by atoms with van der Waals surface area (Å²) in [6.07, 6.45) is 6.02. The molecule has 0 bridgehead atoms. The van der Waals surface area contributed by atoms with Gasteiger partial charge in [0.25, 0.3) is 0 Å². The van der Waals surface area contributed by atoms with Gasteiger partial charge in [-0.2, -0.15) is 5.10 Å².